The van der Waals surface area contributed by atoms with Crippen LogP contribution in [0.5, 0.6) is 0 Å². The lowest BCUT2D eigenvalue weighted by Gasteiger charge is -2.49. The Labute approximate surface area is 264 Å². The van der Waals surface area contributed by atoms with Crippen LogP contribution in [-0.4, -0.2) is 74.2 Å². The lowest BCUT2D eigenvalue weighted by Crippen LogP contribution is -2.61. The monoisotopic (exact) mass is 643 g/mol. The van der Waals surface area contributed by atoms with Gasteiger partial charge in [0, 0.05) is 19.1 Å². The molecule has 3 fully saturated rings. The van der Waals surface area contributed by atoms with Crippen LogP contribution in [0.2, 0.25) is 5.02 Å². The molecule has 2 aromatic rings. The Morgan fingerprint density at radius 2 is 1.80 bits per heavy atom. The molecular weight excluding hydrogens is 605 g/mol. The van der Waals surface area contributed by atoms with Crippen LogP contribution in [0.1, 0.15) is 50.6 Å². The molecule has 2 amide bonds. The number of halogens is 2. The zero-order chi connectivity index (χ0) is 31.8. The van der Waals surface area contributed by atoms with Crippen LogP contribution in [-0.2, 0) is 24.3 Å². The van der Waals surface area contributed by atoms with Crippen molar-refractivity contribution in [3.63, 3.8) is 0 Å². The Balaban J connectivity index is 1.66. The minimum atomic E-state index is -3.91. The molecule has 0 aromatic heterocycles. The summed E-state index contributed by atoms with van der Waals surface area (Å²) in [5.74, 6) is -1.37. The van der Waals surface area contributed by atoms with E-state index >= 15 is 4.39 Å². The zero-order valence-corrected chi connectivity index (χ0v) is 26.8. The molecule has 8 nitrogen and oxygen atoms in total. The van der Waals surface area contributed by atoms with Crippen molar-refractivity contribution in [2.45, 2.75) is 68.6 Å². The number of nitrogens with zero attached hydrogens (tertiary/aromatic N) is 3. The predicted molar refractivity (Wildman–Crippen MR) is 169 cm³/mol. The smallest absolute Gasteiger partial charge is 0.253 e. The fraction of sp³-hybridized carbons (Fsp3) is 0.455. The lowest BCUT2D eigenvalue weighted by atomic mass is 9.88. The first-order chi connectivity index (χ1) is 21.0. The Morgan fingerprint density at radius 3 is 2.34 bits per heavy atom. The molecule has 2 saturated carbocycles. The lowest BCUT2D eigenvalue weighted by molar-refractivity contribution is -0.176. The highest BCUT2D eigenvalue weighted by molar-refractivity contribution is 7.93. The predicted octanol–water partition coefficient (Wildman–Crippen LogP) is 5.50. The molecule has 11 heteroatoms. The third kappa shape index (κ3) is 6.57. The number of benzene rings is 2. The summed E-state index contributed by atoms with van der Waals surface area (Å²) in [7, 11) is -0.681. The van der Waals surface area contributed by atoms with Crippen molar-refractivity contribution >= 4 is 39.1 Å². The summed E-state index contributed by atoms with van der Waals surface area (Å²) in [6.07, 6.45) is 4.09. The third-order valence-corrected chi connectivity index (χ3v) is 11.2. The maximum Gasteiger partial charge on any atom is 0.253 e. The zero-order valence-electron chi connectivity index (χ0n) is 25.2. The van der Waals surface area contributed by atoms with Gasteiger partial charge in [0.25, 0.3) is 5.91 Å². The number of rotatable bonds is 12. The summed E-state index contributed by atoms with van der Waals surface area (Å²) in [5, 5.41) is -0.0765. The first kappa shape index (κ1) is 32.2. The summed E-state index contributed by atoms with van der Waals surface area (Å²) in [4.78, 5) is 30.6. The van der Waals surface area contributed by atoms with Gasteiger partial charge in [0.05, 0.1) is 36.0 Å². The van der Waals surface area contributed by atoms with Gasteiger partial charge in [-0.2, -0.15) is 0 Å². The van der Waals surface area contributed by atoms with Gasteiger partial charge in [-0.25, -0.2) is 12.8 Å². The summed E-state index contributed by atoms with van der Waals surface area (Å²) in [6, 6.07) is 11.6. The Bertz CT molecular complexity index is 1540. The van der Waals surface area contributed by atoms with Gasteiger partial charge in [-0.05, 0) is 73.9 Å². The molecule has 236 valence electrons. The molecular formula is C33H39ClFN3O5S. The highest BCUT2D eigenvalue weighted by Crippen LogP contribution is 2.46. The van der Waals surface area contributed by atoms with Gasteiger partial charge in [-0.3, -0.25) is 13.9 Å². The maximum atomic E-state index is 15.3. The van der Waals surface area contributed by atoms with Crippen LogP contribution in [0.4, 0.5) is 10.1 Å². The molecule has 1 aliphatic heterocycles. The number of ether oxygens (including phenoxy) is 1. The van der Waals surface area contributed by atoms with Gasteiger partial charge >= 0.3 is 0 Å². The van der Waals surface area contributed by atoms with Gasteiger partial charge in [0.15, 0.2) is 0 Å². The molecule has 2 aromatic carbocycles. The van der Waals surface area contributed by atoms with E-state index in [0.717, 1.165) is 24.0 Å². The summed E-state index contributed by atoms with van der Waals surface area (Å²) in [6.45, 7) is 5.70. The highest BCUT2D eigenvalue weighted by atomic mass is 35.5. The third-order valence-electron chi connectivity index (χ3n) is 8.65. The first-order valence-electron chi connectivity index (χ1n) is 15.0. The van der Waals surface area contributed by atoms with E-state index in [4.69, 9.17) is 16.3 Å². The molecule has 1 heterocycles. The second-order valence-corrected chi connectivity index (χ2v) is 14.5. The Kier molecular flexibility index (Phi) is 9.53. The van der Waals surface area contributed by atoms with E-state index in [-0.39, 0.29) is 30.5 Å². The van der Waals surface area contributed by atoms with Crippen molar-refractivity contribution < 1.29 is 27.1 Å². The summed E-state index contributed by atoms with van der Waals surface area (Å²) >= 11 is 6.25. The van der Waals surface area contributed by atoms with Crippen LogP contribution >= 0.6 is 11.6 Å². The second-order valence-electron chi connectivity index (χ2n) is 11.9. The fourth-order valence-corrected chi connectivity index (χ4v) is 7.91. The largest absolute Gasteiger partial charge is 0.357 e. The molecule has 5 rings (SSSR count). The molecule has 0 unspecified atom stereocenters. The van der Waals surface area contributed by atoms with Crippen molar-refractivity contribution in [3.05, 3.63) is 89.2 Å². The molecule has 0 radical (unpaired) electrons. The average molecular weight is 644 g/mol. The molecule has 2 aliphatic carbocycles. The standard InChI is InChI=1S/C33H39ClFN3O5S/c1-5-21(6-2)32-31(23-13-15-24(34)16-14-23)38(33(40)29(43-32)19-30(39)36(3)4)28(22-11-12-22)20-37(44(41,42)25-17-18-25)27-10-8-7-9-26(27)35/h5-10,13-16,22,25,28-29,31-32H,1,11-12,17-20H2,2-4H3/b21-6+/t28-,29-,31-,32-/m1/s1. The number of carbonyl (C=O) groups excluding carboxylic acids is 2. The van der Waals surface area contributed by atoms with E-state index in [1.54, 1.807) is 43.3 Å². The number of sulfonamides is 1. The van der Waals surface area contributed by atoms with Gasteiger partial charge in [-0.15, -0.1) is 0 Å². The highest BCUT2D eigenvalue weighted by Gasteiger charge is 2.52. The van der Waals surface area contributed by atoms with Crippen molar-refractivity contribution in [2.24, 2.45) is 5.92 Å². The van der Waals surface area contributed by atoms with Crippen molar-refractivity contribution in [1.29, 1.82) is 0 Å². The minimum Gasteiger partial charge on any atom is -0.357 e. The number of anilines is 1. The first-order valence-corrected chi connectivity index (χ1v) is 16.8. The Morgan fingerprint density at radius 1 is 1.14 bits per heavy atom. The van der Waals surface area contributed by atoms with E-state index in [1.165, 1.54) is 27.4 Å². The molecule has 3 aliphatic rings. The number of allylic oxidation sites excluding steroid dienone is 1. The molecule has 0 bridgehead atoms. The summed E-state index contributed by atoms with van der Waals surface area (Å²) in [5.41, 5.74) is 1.42. The molecule has 1 saturated heterocycles. The van der Waals surface area contributed by atoms with Crippen LogP contribution < -0.4 is 4.31 Å². The van der Waals surface area contributed by atoms with Gasteiger partial charge in [0.2, 0.25) is 15.9 Å². The topological polar surface area (TPSA) is 87.2 Å². The van der Waals surface area contributed by atoms with Crippen molar-refractivity contribution in [2.75, 3.05) is 24.9 Å². The number of hydrogen-bond donors (Lipinski definition) is 0. The molecule has 0 spiro atoms. The van der Waals surface area contributed by atoms with Crippen molar-refractivity contribution in [1.82, 2.24) is 9.80 Å². The van der Waals surface area contributed by atoms with Crippen LogP contribution in [0.3, 0.4) is 0 Å². The number of carbonyl (C=O) groups is 2. The fourth-order valence-electron chi connectivity index (χ4n) is 5.91. The molecule has 4 atom stereocenters. The van der Waals surface area contributed by atoms with E-state index in [2.05, 4.69) is 6.58 Å². The normalized spacial score (nSPS) is 23.3. The minimum absolute atomic E-state index is 0.0286. The quantitative estimate of drug-likeness (QED) is 0.285. The second kappa shape index (κ2) is 13.0. The van der Waals surface area contributed by atoms with Gasteiger partial charge in [0.1, 0.15) is 18.0 Å². The van der Waals surface area contributed by atoms with Crippen LogP contribution in [0.15, 0.2) is 72.8 Å². The number of morpholine rings is 1. The van der Waals surface area contributed by atoms with E-state index < -0.39 is 51.3 Å². The molecule has 44 heavy (non-hydrogen) atoms. The number of hydrogen-bond acceptors (Lipinski definition) is 5. The Hall–Kier alpha value is -3.21. The van der Waals surface area contributed by atoms with Gasteiger partial charge < -0.3 is 14.5 Å². The number of amides is 2. The SMILES string of the molecule is C=C/C(=C\C)[C@H]1O[C@H](CC(=O)N(C)C)C(=O)N([C@H](CN(c2ccccc2F)S(=O)(=O)C2CC2)C2CC2)[C@@H]1c1ccc(Cl)cc1. The van der Waals surface area contributed by atoms with Crippen LogP contribution in [0.25, 0.3) is 0 Å². The molecule has 0 N–H and O–H groups in total. The van der Waals surface area contributed by atoms with E-state index in [0.29, 0.717) is 17.9 Å². The number of para-hydroxylation sites is 1. The summed E-state index contributed by atoms with van der Waals surface area (Å²) < 4.78 is 50.7. The van der Waals surface area contributed by atoms with Crippen LogP contribution in [0, 0.1) is 11.7 Å². The maximum absolute atomic E-state index is 15.3. The van der Waals surface area contributed by atoms with E-state index in [1.807, 2.05) is 25.1 Å². The van der Waals surface area contributed by atoms with Gasteiger partial charge in [-0.1, -0.05) is 54.6 Å². The van der Waals surface area contributed by atoms with Crippen molar-refractivity contribution in [3.8, 4) is 0 Å². The van der Waals surface area contributed by atoms with E-state index in [9.17, 15) is 18.0 Å². The average Bonchev–Trinajstić information content (AvgIpc) is 3.90.